The first-order valence-electron chi connectivity index (χ1n) is 9.06. The molecule has 0 aromatic carbocycles. The van der Waals surface area contributed by atoms with Gasteiger partial charge in [0.1, 0.15) is 5.54 Å². The van der Waals surface area contributed by atoms with E-state index in [0.29, 0.717) is 31.9 Å². The minimum atomic E-state index is -0.767. The highest BCUT2D eigenvalue weighted by molar-refractivity contribution is 14.0. The highest BCUT2D eigenvalue weighted by Crippen LogP contribution is 2.20. The minimum Gasteiger partial charge on any atom is -0.356 e. The van der Waals surface area contributed by atoms with E-state index >= 15 is 0 Å². The molecular formula is C17H30IN7O2. The molecule has 1 unspecified atom stereocenters. The van der Waals surface area contributed by atoms with Gasteiger partial charge in [-0.1, -0.05) is 6.92 Å². The molecule has 3 N–H and O–H groups in total. The summed E-state index contributed by atoms with van der Waals surface area (Å²) in [5.74, 6) is 0.562. The van der Waals surface area contributed by atoms with Crippen LogP contribution in [0.15, 0.2) is 23.5 Å². The van der Waals surface area contributed by atoms with Gasteiger partial charge in [-0.05, 0) is 32.3 Å². The van der Waals surface area contributed by atoms with E-state index in [1.807, 2.05) is 23.9 Å². The summed E-state index contributed by atoms with van der Waals surface area (Å²) in [6, 6.07) is 1.60. The molecule has 3 amide bonds. The molecule has 9 nitrogen and oxygen atoms in total. The van der Waals surface area contributed by atoms with E-state index < -0.39 is 5.54 Å². The molecular weight excluding hydrogens is 461 g/mol. The van der Waals surface area contributed by atoms with E-state index in [0.717, 1.165) is 19.5 Å². The number of hydrogen-bond acceptors (Lipinski definition) is 4. The van der Waals surface area contributed by atoms with Gasteiger partial charge in [-0.3, -0.25) is 19.4 Å². The average Bonchev–Trinajstić information content (AvgIpc) is 3.22. The third kappa shape index (κ3) is 6.36. The van der Waals surface area contributed by atoms with Gasteiger partial charge in [0, 0.05) is 45.6 Å². The SMILES string of the molecule is CCC1(C)NC(=O)N(CCCNC(=NC)NCCCn2cccn2)C1=O.I. The summed E-state index contributed by atoms with van der Waals surface area (Å²) in [4.78, 5) is 29.7. The van der Waals surface area contributed by atoms with Crippen molar-refractivity contribution in [3.05, 3.63) is 18.5 Å². The van der Waals surface area contributed by atoms with Crippen molar-refractivity contribution in [2.75, 3.05) is 26.7 Å². The maximum Gasteiger partial charge on any atom is 0.325 e. The van der Waals surface area contributed by atoms with E-state index in [1.165, 1.54) is 4.90 Å². The van der Waals surface area contributed by atoms with Crippen LogP contribution in [0.25, 0.3) is 0 Å². The van der Waals surface area contributed by atoms with Crippen LogP contribution in [0.4, 0.5) is 4.79 Å². The van der Waals surface area contributed by atoms with Gasteiger partial charge >= 0.3 is 6.03 Å². The van der Waals surface area contributed by atoms with Crippen LogP contribution in [-0.4, -0.2) is 64.8 Å². The zero-order chi connectivity index (χ0) is 19.0. The number of aryl methyl sites for hydroxylation is 1. The van der Waals surface area contributed by atoms with Gasteiger partial charge in [-0.15, -0.1) is 24.0 Å². The lowest BCUT2D eigenvalue weighted by Crippen LogP contribution is -2.43. The Balaban J connectivity index is 0.00000364. The van der Waals surface area contributed by atoms with Gasteiger partial charge in [-0.2, -0.15) is 5.10 Å². The van der Waals surface area contributed by atoms with E-state index in [9.17, 15) is 9.59 Å². The number of aliphatic imine (C=N–C) groups is 1. The smallest absolute Gasteiger partial charge is 0.325 e. The molecule has 0 aliphatic carbocycles. The molecule has 10 heteroatoms. The first-order valence-corrected chi connectivity index (χ1v) is 9.06. The molecule has 1 atom stereocenters. The molecule has 0 radical (unpaired) electrons. The Hall–Kier alpha value is -1.85. The predicted molar refractivity (Wildman–Crippen MR) is 115 cm³/mol. The molecule has 152 valence electrons. The number of nitrogens with zero attached hydrogens (tertiary/aromatic N) is 4. The number of guanidine groups is 1. The third-order valence-electron chi connectivity index (χ3n) is 4.54. The second-order valence-electron chi connectivity index (χ2n) is 6.47. The summed E-state index contributed by atoms with van der Waals surface area (Å²) in [5, 5.41) is 13.4. The van der Waals surface area contributed by atoms with Crippen molar-refractivity contribution in [2.45, 2.75) is 45.2 Å². The van der Waals surface area contributed by atoms with Crippen molar-refractivity contribution in [3.63, 3.8) is 0 Å². The number of carbonyl (C=O) groups excluding carboxylic acids is 2. The summed E-state index contributed by atoms with van der Waals surface area (Å²) >= 11 is 0. The lowest BCUT2D eigenvalue weighted by molar-refractivity contribution is -0.130. The van der Waals surface area contributed by atoms with Crippen molar-refractivity contribution in [1.82, 2.24) is 30.6 Å². The van der Waals surface area contributed by atoms with E-state index in [-0.39, 0.29) is 35.9 Å². The minimum absolute atomic E-state index is 0. The zero-order valence-electron chi connectivity index (χ0n) is 16.2. The van der Waals surface area contributed by atoms with Gasteiger partial charge in [0.25, 0.3) is 5.91 Å². The highest BCUT2D eigenvalue weighted by atomic mass is 127. The summed E-state index contributed by atoms with van der Waals surface area (Å²) in [7, 11) is 1.72. The van der Waals surface area contributed by atoms with Crippen LogP contribution in [-0.2, 0) is 11.3 Å². The number of carbonyl (C=O) groups is 2. The van der Waals surface area contributed by atoms with Gasteiger partial charge in [0.2, 0.25) is 0 Å². The zero-order valence-corrected chi connectivity index (χ0v) is 18.5. The Labute approximate surface area is 177 Å². The summed E-state index contributed by atoms with van der Waals surface area (Å²) in [5.41, 5.74) is -0.767. The molecule has 0 bridgehead atoms. The fourth-order valence-corrected chi connectivity index (χ4v) is 2.73. The molecule has 27 heavy (non-hydrogen) atoms. The van der Waals surface area contributed by atoms with Crippen molar-refractivity contribution >= 4 is 41.9 Å². The van der Waals surface area contributed by atoms with Crippen LogP contribution in [0.3, 0.4) is 0 Å². The van der Waals surface area contributed by atoms with Crippen molar-refractivity contribution in [3.8, 4) is 0 Å². The van der Waals surface area contributed by atoms with Gasteiger partial charge in [0.15, 0.2) is 5.96 Å². The van der Waals surface area contributed by atoms with Gasteiger partial charge in [-0.25, -0.2) is 4.79 Å². The number of hydrogen-bond donors (Lipinski definition) is 3. The largest absolute Gasteiger partial charge is 0.356 e. The fraction of sp³-hybridized carbons (Fsp3) is 0.647. The molecule has 1 aliphatic heterocycles. The van der Waals surface area contributed by atoms with Crippen molar-refractivity contribution in [1.29, 1.82) is 0 Å². The van der Waals surface area contributed by atoms with Gasteiger partial charge in [0.05, 0.1) is 0 Å². The number of amides is 3. The highest BCUT2D eigenvalue weighted by Gasteiger charge is 2.45. The third-order valence-corrected chi connectivity index (χ3v) is 4.54. The topological polar surface area (TPSA) is 104 Å². The van der Waals surface area contributed by atoms with E-state index in [4.69, 9.17) is 0 Å². The molecule has 1 fully saturated rings. The molecule has 1 saturated heterocycles. The van der Waals surface area contributed by atoms with Crippen molar-refractivity contribution in [2.24, 2.45) is 4.99 Å². The second kappa shape index (κ2) is 11.1. The summed E-state index contributed by atoms with van der Waals surface area (Å²) < 4.78 is 1.89. The molecule has 0 saturated carbocycles. The first-order chi connectivity index (χ1) is 12.5. The number of imide groups is 1. The maximum atomic E-state index is 12.3. The first kappa shape index (κ1) is 23.2. The lowest BCUT2D eigenvalue weighted by Gasteiger charge is -2.19. The quantitative estimate of drug-likeness (QED) is 0.158. The van der Waals surface area contributed by atoms with Crippen LogP contribution in [0.5, 0.6) is 0 Å². The number of aromatic nitrogens is 2. The lowest BCUT2D eigenvalue weighted by atomic mass is 9.99. The van der Waals surface area contributed by atoms with Crippen LogP contribution in [0, 0.1) is 0 Å². The Bertz CT molecular complexity index is 635. The van der Waals surface area contributed by atoms with Crippen LogP contribution < -0.4 is 16.0 Å². The normalized spacial score (nSPS) is 19.7. The fourth-order valence-electron chi connectivity index (χ4n) is 2.73. The average molecular weight is 491 g/mol. The Morgan fingerprint density at radius 3 is 2.44 bits per heavy atom. The van der Waals surface area contributed by atoms with Gasteiger partial charge < -0.3 is 16.0 Å². The molecule has 1 aromatic rings. The Morgan fingerprint density at radius 1 is 1.26 bits per heavy atom. The Morgan fingerprint density at radius 2 is 1.93 bits per heavy atom. The molecule has 2 rings (SSSR count). The number of nitrogens with one attached hydrogen (secondary N) is 3. The Kier molecular flexibility index (Phi) is 9.53. The molecule has 1 aliphatic rings. The number of rotatable bonds is 9. The number of urea groups is 1. The van der Waals surface area contributed by atoms with Crippen LogP contribution in [0.1, 0.15) is 33.1 Å². The second-order valence-corrected chi connectivity index (χ2v) is 6.47. The van der Waals surface area contributed by atoms with E-state index in [2.05, 4.69) is 26.0 Å². The van der Waals surface area contributed by atoms with Crippen molar-refractivity contribution < 1.29 is 9.59 Å². The standard InChI is InChI=1S/C17H29N7O2.HI/c1-4-17(2)14(25)24(16(26)22-17)13-6-9-20-15(18-3)19-8-5-11-23-12-7-10-21-23;/h7,10,12H,4-6,8-9,11,13H2,1-3H3,(H,22,26)(H2,18,19,20);1H. The summed E-state index contributed by atoms with van der Waals surface area (Å²) in [6.07, 6.45) is 5.88. The number of halogens is 1. The van der Waals surface area contributed by atoms with Crippen LogP contribution >= 0.6 is 24.0 Å². The van der Waals surface area contributed by atoms with E-state index in [1.54, 1.807) is 20.2 Å². The maximum absolute atomic E-state index is 12.3. The monoisotopic (exact) mass is 491 g/mol. The van der Waals surface area contributed by atoms with Crippen LogP contribution in [0.2, 0.25) is 0 Å². The molecule has 2 heterocycles. The molecule has 0 spiro atoms. The predicted octanol–water partition coefficient (Wildman–Crippen LogP) is 1.17. The summed E-state index contributed by atoms with van der Waals surface area (Å²) in [6.45, 7) is 6.30. The molecule has 1 aromatic heterocycles.